The molecular weight excluding hydrogens is 346 g/mol. The van der Waals surface area contributed by atoms with E-state index < -0.39 is 0 Å². The Morgan fingerprint density at radius 3 is 2.77 bits per heavy atom. The molecule has 1 fully saturated rings. The highest BCUT2D eigenvalue weighted by Gasteiger charge is 2.31. The van der Waals surface area contributed by atoms with E-state index in [2.05, 4.69) is 44.4 Å². The molecule has 0 saturated carbocycles. The van der Waals surface area contributed by atoms with Crippen molar-refractivity contribution in [1.82, 2.24) is 19.4 Å². The second-order valence-corrected chi connectivity index (χ2v) is 7.58. The fourth-order valence-corrected chi connectivity index (χ4v) is 4.18. The Kier molecular flexibility index (Phi) is 3.64. The van der Waals surface area contributed by atoms with Crippen LogP contribution in [0.25, 0.3) is 16.7 Å². The molecule has 0 unspecified atom stereocenters. The number of rotatable bonds is 2. The fraction of sp³-hybridized carbons (Fsp3) is 0.300. The summed E-state index contributed by atoms with van der Waals surface area (Å²) in [6.07, 6.45) is 6.90. The second-order valence-electron chi connectivity index (χ2n) is 7.14. The molecule has 6 heteroatoms. The number of halogens is 1. The standard InChI is InChI=1S/C20H20ClN5/c1-13-7-9-25(15-4-2-14(21)3-5-15)12-17(13)20-24-11-16-10-23-19-18(26(16)20)6-8-22-19/h2-6,8,10-11,13,17,22H,7,9,12H2,1H3/t13-,17+/m1/s1. The summed E-state index contributed by atoms with van der Waals surface area (Å²) in [6.45, 7) is 4.35. The van der Waals surface area contributed by atoms with E-state index in [0.717, 1.165) is 47.0 Å². The maximum Gasteiger partial charge on any atom is 0.154 e. The minimum atomic E-state index is 0.363. The number of benzene rings is 1. The highest BCUT2D eigenvalue weighted by Crippen LogP contribution is 2.35. The summed E-state index contributed by atoms with van der Waals surface area (Å²) in [4.78, 5) is 14.9. The average Bonchev–Trinajstić information content (AvgIpc) is 3.29. The van der Waals surface area contributed by atoms with Crippen LogP contribution in [0.15, 0.2) is 48.9 Å². The number of hydrogen-bond acceptors (Lipinski definition) is 3. The van der Waals surface area contributed by atoms with E-state index in [1.54, 1.807) is 0 Å². The summed E-state index contributed by atoms with van der Waals surface area (Å²) < 4.78 is 2.26. The van der Waals surface area contributed by atoms with Gasteiger partial charge in [-0.2, -0.15) is 0 Å². The number of piperidine rings is 1. The molecule has 3 aromatic heterocycles. The SMILES string of the molecule is C[C@@H]1CCN(c2ccc(Cl)cc2)C[C@@H]1c1ncc2cnc3[nH]ccc3n12. The Morgan fingerprint density at radius 1 is 1.12 bits per heavy atom. The molecule has 4 aromatic rings. The number of nitrogens with one attached hydrogen (secondary N) is 1. The zero-order valence-electron chi connectivity index (χ0n) is 14.6. The van der Waals surface area contributed by atoms with Crippen molar-refractivity contribution in [2.45, 2.75) is 19.3 Å². The third-order valence-corrected chi connectivity index (χ3v) is 5.82. The predicted molar refractivity (Wildman–Crippen MR) is 105 cm³/mol. The molecule has 1 saturated heterocycles. The summed E-state index contributed by atoms with van der Waals surface area (Å²) in [5.74, 6) is 2.06. The van der Waals surface area contributed by atoms with E-state index in [1.807, 2.05) is 30.7 Å². The first-order valence-corrected chi connectivity index (χ1v) is 9.38. The van der Waals surface area contributed by atoms with Crippen LogP contribution in [0.3, 0.4) is 0 Å². The highest BCUT2D eigenvalue weighted by molar-refractivity contribution is 6.30. The molecule has 1 aromatic carbocycles. The summed E-state index contributed by atoms with van der Waals surface area (Å²) >= 11 is 6.05. The zero-order valence-corrected chi connectivity index (χ0v) is 15.3. The molecule has 5 rings (SSSR count). The van der Waals surface area contributed by atoms with Crippen LogP contribution < -0.4 is 4.90 Å². The molecular formula is C20H20ClN5. The van der Waals surface area contributed by atoms with Gasteiger partial charge in [-0.3, -0.25) is 4.40 Å². The molecule has 0 amide bonds. The molecule has 0 spiro atoms. The van der Waals surface area contributed by atoms with Crippen molar-refractivity contribution < 1.29 is 0 Å². The third-order valence-electron chi connectivity index (χ3n) is 5.57. The van der Waals surface area contributed by atoms with E-state index in [9.17, 15) is 0 Å². The van der Waals surface area contributed by atoms with Crippen molar-refractivity contribution in [2.24, 2.45) is 5.92 Å². The molecule has 0 aliphatic carbocycles. The van der Waals surface area contributed by atoms with Gasteiger partial charge in [0.25, 0.3) is 0 Å². The van der Waals surface area contributed by atoms with Crippen LogP contribution in [-0.2, 0) is 0 Å². The van der Waals surface area contributed by atoms with Crippen LogP contribution in [0.5, 0.6) is 0 Å². The van der Waals surface area contributed by atoms with Crippen molar-refractivity contribution in [1.29, 1.82) is 0 Å². The van der Waals surface area contributed by atoms with Crippen LogP contribution in [0.2, 0.25) is 5.02 Å². The minimum Gasteiger partial charge on any atom is -0.371 e. The van der Waals surface area contributed by atoms with E-state index in [-0.39, 0.29) is 0 Å². The number of imidazole rings is 1. The number of fused-ring (bicyclic) bond motifs is 3. The smallest absolute Gasteiger partial charge is 0.154 e. The summed E-state index contributed by atoms with van der Waals surface area (Å²) in [5, 5.41) is 0.775. The monoisotopic (exact) mass is 365 g/mol. The Morgan fingerprint density at radius 2 is 1.92 bits per heavy atom. The van der Waals surface area contributed by atoms with Gasteiger partial charge in [0, 0.05) is 35.9 Å². The van der Waals surface area contributed by atoms with E-state index in [4.69, 9.17) is 16.6 Å². The lowest BCUT2D eigenvalue weighted by molar-refractivity contribution is 0.367. The Hall–Kier alpha value is -2.53. The molecule has 5 nitrogen and oxygen atoms in total. The number of nitrogens with zero attached hydrogens (tertiary/aromatic N) is 4. The summed E-state index contributed by atoms with van der Waals surface area (Å²) in [7, 11) is 0. The number of hydrogen-bond donors (Lipinski definition) is 1. The second kappa shape index (κ2) is 6.02. The van der Waals surface area contributed by atoms with Gasteiger partial charge >= 0.3 is 0 Å². The topological polar surface area (TPSA) is 49.2 Å². The molecule has 1 N–H and O–H groups in total. The number of H-pyrrole nitrogens is 1. The maximum atomic E-state index is 6.05. The van der Waals surface area contributed by atoms with Gasteiger partial charge in [0.2, 0.25) is 0 Å². The zero-order chi connectivity index (χ0) is 17.7. The first-order chi connectivity index (χ1) is 12.7. The molecule has 1 aliphatic rings. The van der Waals surface area contributed by atoms with E-state index in [0.29, 0.717) is 11.8 Å². The maximum absolute atomic E-state index is 6.05. The Balaban J connectivity index is 1.56. The molecule has 2 atom stereocenters. The van der Waals surface area contributed by atoms with E-state index >= 15 is 0 Å². The third kappa shape index (κ3) is 2.46. The van der Waals surface area contributed by atoms with Crippen LogP contribution in [0.1, 0.15) is 25.1 Å². The Labute approximate surface area is 156 Å². The van der Waals surface area contributed by atoms with Gasteiger partial charge in [-0.1, -0.05) is 18.5 Å². The fourth-order valence-electron chi connectivity index (χ4n) is 4.05. The summed E-state index contributed by atoms with van der Waals surface area (Å²) in [5.41, 5.74) is 4.25. The first-order valence-electron chi connectivity index (χ1n) is 9.00. The van der Waals surface area contributed by atoms with Gasteiger partial charge in [-0.15, -0.1) is 0 Å². The van der Waals surface area contributed by atoms with Gasteiger partial charge in [0.1, 0.15) is 5.82 Å². The average molecular weight is 366 g/mol. The van der Waals surface area contributed by atoms with E-state index in [1.165, 1.54) is 5.69 Å². The van der Waals surface area contributed by atoms with Crippen molar-refractivity contribution >= 4 is 34.0 Å². The minimum absolute atomic E-state index is 0.363. The largest absolute Gasteiger partial charge is 0.371 e. The molecule has 0 radical (unpaired) electrons. The van der Waals surface area contributed by atoms with Crippen LogP contribution >= 0.6 is 11.6 Å². The van der Waals surface area contributed by atoms with Crippen molar-refractivity contribution in [2.75, 3.05) is 18.0 Å². The van der Waals surface area contributed by atoms with Crippen LogP contribution in [0.4, 0.5) is 5.69 Å². The quantitative estimate of drug-likeness (QED) is 0.569. The highest BCUT2D eigenvalue weighted by atomic mass is 35.5. The van der Waals surface area contributed by atoms with Gasteiger partial charge in [0.15, 0.2) is 5.65 Å². The number of aromatic amines is 1. The van der Waals surface area contributed by atoms with Crippen LogP contribution in [0, 0.1) is 5.92 Å². The number of anilines is 1. The summed E-state index contributed by atoms with van der Waals surface area (Å²) in [6, 6.07) is 10.2. The van der Waals surface area contributed by atoms with Crippen molar-refractivity contribution in [3.8, 4) is 0 Å². The van der Waals surface area contributed by atoms with Gasteiger partial charge in [-0.25, -0.2) is 9.97 Å². The molecule has 0 bridgehead atoms. The van der Waals surface area contributed by atoms with Gasteiger partial charge in [0.05, 0.1) is 23.4 Å². The number of aromatic nitrogens is 4. The predicted octanol–water partition coefficient (Wildman–Crippen LogP) is 4.49. The first kappa shape index (κ1) is 15.7. The Bertz CT molecular complexity index is 1060. The lowest BCUT2D eigenvalue weighted by Gasteiger charge is -2.38. The lowest BCUT2D eigenvalue weighted by atomic mass is 9.86. The van der Waals surface area contributed by atoms with Gasteiger partial charge < -0.3 is 9.88 Å². The molecule has 4 heterocycles. The van der Waals surface area contributed by atoms with Gasteiger partial charge in [-0.05, 0) is 42.7 Å². The molecule has 132 valence electrons. The van der Waals surface area contributed by atoms with Crippen molar-refractivity contribution in [3.63, 3.8) is 0 Å². The van der Waals surface area contributed by atoms with Crippen LogP contribution in [-0.4, -0.2) is 32.4 Å². The van der Waals surface area contributed by atoms with Crippen molar-refractivity contribution in [3.05, 3.63) is 59.8 Å². The lowest BCUT2D eigenvalue weighted by Crippen LogP contribution is -2.39. The normalized spacial score (nSPS) is 20.9. The molecule has 26 heavy (non-hydrogen) atoms. The molecule has 1 aliphatic heterocycles.